The third-order valence-corrected chi connectivity index (χ3v) is 3.66. The molecule has 0 amide bonds. The van der Waals surface area contributed by atoms with Crippen LogP contribution in [-0.4, -0.2) is 34.0 Å². The number of aromatic nitrogens is 3. The Bertz CT molecular complexity index is 570. The molecule has 1 aliphatic carbocycles. The van der Waals surface area contributed by atoms with Crippen molar-refractivity contribution in [3.8, 4) is 0 Å². The molecule has 2 heterocycles. The topological polar surface area (TPSA) is 45.5 Å². The van der Waals surface area contributed by atoms with Crippen LogP contribution in [0.5, 0.6) is 0 Å². The average molecular weight is 259 g/mol. The van der Waals surface area contributed by atoms with Gasteiger partial charge in [0, 0.05) is 32.0 Å². The first-order valence-corrected chi connectivity index (χ1v) is 6.97. The van der Waals surface area contributed by atoms with Crippen LogP contribution in [0, 0.1) is 5.92 Å². The van der Waals surface area contributed by atoms with Crippen LogP contribution in [0.1, 0.15) is 26.7 Å². The minimum Gasteiger partial charge on any atom is -0.372 e. The Morgan fingerprint density at radius 3 is 2.89 bits per heavy atom. The molecule has 102 valence electrons. The highest BCUT2D eigenvalue weighted by Gasteiger charge is 2.27. The van der Waals surface area contributed by atoms with Crippen LogP contribution in [0.25, 0.3) is 5.65 Å². The Morgan fingerprint density at radius 1 is 1.47 bits per heavy atom. The molecule has 5 heteroatoms. The van der Waals surface area contributed by atoms with Crippen molar-refractivity contribution in [2.45, 2.75) is 32.7 Å². The second-order valence-electron chi connectivity index (χ2n) is 5.55. The molecule has 1 saturated carbocycles. The van der Waals surface area contributed by atoms with Gasteiger partial charge in [0.1, 0.15) is 5.82 Å². The lowest BCUT2D eigenvalue weighted by Crippen LogP contribution is -2.34. The normalized spacial score (nSPS) is 15.2. The number of fused-ring (bicyclic) bond motifs is 1. The van der Waals surface area contributed by atoms with E-state index in [1.165, 1.54) is 12.8 Å². The van der Waals surface area contributed by atoms with Crippen LogP contribution in [0.2, 0.25) is 0 Å². The van der Waals surface area contributed by atoms with E-state index in [4.69, 9.17) is 4.98 Å². The van der Waals surface area contributed by atoms with Crippen molar-refractivity contribution < 1.29 is 0 Å². The van der Waals surface area contributed by atoms with Gasteiger partial charge in [-0.05, 0) is 32.6 Å². The largest absolute Gasteiger partial charge is 0.372 e. The third-order valence-electron chi connectivity index (χ3n) is 3.66. The molecule has 1 N–H and O–H groups in total. The first-order chi connectivity index (χ1) is 9.19. The summed E-state index contributed by atoms with van der Waals surface area (Å²) in [7, 11) is 1.90. The van der Waals surface area contributed by atoms with Gasteiger partial charge in [0.25, 0.3) is 0 Å². The third kappa shape index (κ3) is 2.37. The fraction of sp³-hybridized carbons (Fsp3) is 0.571. The van der Waals surface area contributed by atoms with Gasteiger partial charge in [0.05, 0.1) is 6.20 Å². The predicted octanol–water partition coefficient (Wildman–Crippen LogP) is 2.40. The van der Waals surface area contributed by atoms with Crippen molar-refractivity contribution >= 4 is 17.3 Å². The summed E-state index contributed by atoms with van der Waals surface area (Å²) in [4.78, 5) is 11.6. The van der Waals surface area contributed by atoms with Gasteiger partial charge < -0.3 is 14.6 Å². The van der Waals surface area contributed by atoms with Gasteiger partial charge in [-0.2, -0.15) is 0 Å². The van der Waals surface area contributed by atoms with Crippen LogP contribution in [0.3, 0.4) is 0 Å². The molecule has 1 aliphatic rings. The van der Waals surface area contributed by atoms with Crippen LogP contribution in [-0.2, 0) is 0 Å². The first kappa shape index (κ1) is 12.3. The molecule has 19 heavy (non-hydrogen) atoms. The van der Waals surface area contributed by atoms with Crippen LogP contribution >= 0.6 is 0 Å². The molecule has 0 unspecified atom stereocenters. The Morgan fingerprint density at radius 2 is 2.26 bits per heavy atom. The maximum absolute atomic E-state index is 4.73. The van der Waals surface area contributed by atoms with E-state index in [-0.39, 0.29) is 0 Å². The van der Waals surface area contributed by atoms with Gasteiger partial charge in [-0.3, -0.25) is 0 Å². The molecule has 0 bridgehead atoms. The van der Waals surface area contributed by atoms with Crippen molar-refractivity contribution in [2.24, 2.45) is 5.92 Å². The lowest BCUT2D eigenvalue weighted by Gasteiger charge is -2.28. The van der Waals surface area contributed by atoms with Gasteiger partial charge in [-0.15, -0.1) is 0 Å². The summed E-state index contributed by atoms with van der Waals surface area (Å²) in [5.74, 6) is 2.69. The van der Waals surface area contributed by atoms with E-state index in [0.29, 0.717) is 6.04 Å². The average Bonchev–Trinajstić information content (AvgIpc) is 3.09. The number of nitrogens with zero attached hydrogens (tertiary/aromatic N) is 4. The second kappa shape index (κ2) is 4.72. The Hall–Kier alpha value is -1.78. The summed E-state index contributed by atoms with van der Waals surface area (Å²) in [6.45, 7) is 5.52. The minimum absolute atomic E-state index is 0.431. The van der Waals surface area contributed by atoms with E-state index in [1.807, 2.05) is 30.0 Å². The molecule has 5 nitrogen and oxygen atoms in total. The van der Waals surface area contributed by atoms with E-state index < -0.39 is 0 Å². The first-order valence-electron chi connectivity index (χ1n) is 6.97. The fourth-order valence-electron chi connectivity index (χ4n) is 2.35. The lowest BCUT2D eigenvalue weighted by molar-refractivity contribution is 0.637. The zero-order valence-electron chi connectivity index (χ0n) is 11.8. The zero-order valence-corrected chi connectivity index (χ0v) is 11.8. The molecule has 1 fully saturated rings. The van der Waals surface area contributed by atoms with Gasteiger partial charge in [0.15, 0.2) is 11.5 Å². The molecule has 0 radical (unpaired) electrons. The molecule has 0 aromatic carbocycles. The van der Waals surface area contributed by atoms with Gasteiger partial charge >= 0.3 is 0 Å². The summed E-state index contributed by atoms with van der Waals surface area (Å²) in [5, 5.41) is 3.13. The monoisotopic (exact) mass is 259 g/mol. The standard InChI is InChI=1S/C14H21N5/c1-10(2)19(8-11-4-5-11)14-13-16-6-7-18(13)9-12(15-3)17-14/h6-7,9-11,15H,4-5,8H2,1-3H3. The highest BCUT2D eigenvalue weighted by molar-refractivity contribution is 5.67. The number of rotatable bonds is 5. The van der Waals surface area contributed by atoms with Gasteiger partial charge in [-0.25, -0.2) is 9.97 Å². The summed E-state index contributed by atoms with van der Waals surface area (Å²) in [5.41, 5.74) is 0.938. The van der Waals surface area contributed by atoms with Gasteiger partial charge in [0.2, 0.25) is 0 Å². The molecule has 2 aromatic rings. The molecule has 3 rings (SSSR count). The molecule has 0 aliphatic heterocycles. The van der Waals surface area contributed by atoms with Crippen LogP contribution in [0.4, 0.5) is 11.6 Å². The molecular formula is C14H21N5. The summed E-state index contributed by atoms with van der Waals surface area (Å²) >= 11 is 0. The molecule has 0 atom stereocenters. The van der Waals surface area contributed by atoms with Crippen molar-refractivity contribution in [3.05, 3.63) is 18.6 Å². The van der Waals surface area contributed by atoms with Crippen LogP contribution in [0.15, 0.2) is 18.6 Å². The number of anilines is 2. The molecule has 0 saturated heterocycles. The summed E-state index contributed by atoms with van der Waals surface area (Å²) in [6.07, 6.45) is 8.47. The number of hydrogen-bond donors (Lipinski definition) is 1. The van der Waals surface area contributed by atoms with Crippen LogP contribution < -0.4 is 10.2 Å². The number of hydrogen-bond acceptors (Lipinski definition) is 4. The maximum atomic E-state index is 4.73. The number of imidazole rings is 1. The van der Waals surface area contributed by atoms with E-state index in [9.17, 15) is 0 Å². The van der Waals surface area contributed by atoms with E-state index in [2.05, 4.69) is 29.0 Å². The SMILES string of the molecule is CNc1cn2ccnc2c(N(CC2CC2)C(C)C)n1. The highest BCUT2D eigenvalue weighted by Crippen LogP contribution is 2.33. The Kier molecular flexibility index (Phi) is 3.05. The van der Waals surface area contributed by atoms with E-state index in [0.717, 1.165) is 29.7 Å². The molecular weight excluding hydrogens is 238 g/mol. The molecule has 0 spiro atoms. The lowest BCUT2D eigenvalue weighted by atomic mass is 10.2. The van der Waals surface area contributed by atoms with Crippen molar-refractivity contribution in [3.63, 3.8) is 0 Å². The van der Waals surface area contributed by atoms with E-state index in [1.54, 1.807) is 0 Å². The van der Waals surface area contributed by atoms with Gasteiger partial charge in [-0.1, -0.05) is 0 Å². The maximum Gasteiger partial charge on any atom is 0.180 e. The predicted molar refractivity (Wildman–Crippen MR) is 77.7 cm³/mol. The Balaban J connectivity index is 2.06. The quantitative estimate of drug-likeness (QED) is 0.895. The number of nitrogens with one attached hydrogen (secondary N) is 1. The fourth-order valence-corrected chi connectivity index (χ4v) is 2.35. The molecule has 2 aromatic heterocycles. The minimum atomic E-state index is 0.431. The summed E-state index contributed by atoms with van der Waals surface area (Å²) in [6, 6.07) is 0.431. The smallest absolute Gasteiger partial charge is 0.180 e. The summed E-state index contributed by atoms with van der Waals surface area (Å²) < 4.78 is 2.04. The van der Waals surface area contributed by atoms with Crippen molar-refractivity contribution in [1.29, 1.82) is 0 Å². The zero-order chi connectivity index (χ0) is 13.4. The van der Waals surface area contributed by atoms with Crippen molar-refractivity contribution in [2.75, 3.05) is 23.8 Å². The highest BCUT2D eigenvalue weighted by atomic mass is 15.3. The van der Waals surface area contributed by atoms with E-state index >= 15 is 0 Å². The Labute approximate surface area is 113 Å². The van der Waals surface area contributed by atoms with Crippen molar-refractivity contribution in [1.82, 2.24) is 14.4 Å². The second-order valence-corrected chi connectivity index (χ2v) is 5.55.